The molecule has 1 aromatic carbocycles. The molecule has 0 unspecified atom stereocenters. The van der Waals surface area contributed by atoms with E-state index in [0.717, 1.165) is 23.4 Å². The van der Waals surface area contributed by atoms with Crippen molar-refractivity contribution in [1.82, 2.24) is 19.8 Å². The Morgan fingerprint density at radius 3 is 2.39 bits per heavy atom. The number of halogens is 3. The van der Waals surface area contributed by atoms with E-state index in [9.17, 15) is 4.79 Å². The first kappa shape index (κ1) is 25.3. The van der Waals surface area contributed by atoms with Crippen LogP contribution in [0, 0.1) is 0 Å². The number of pyridine rings is 1. The molecule has 0 atom stereocenters. The molecule has 0 amide bonds. The maximum absolute atomic E-state index is 11.8. The van der Waals surface area contributed by atoms with Gasteiger partial charge in [0.25, 0.3) is 5.56 Å². The van der Waals surface area contributed by atoms with E-state index in [1.807, 2.05) is 54.9 Å². The van der Waals surface area contributed by atoms with Crippen molar-refractivity contribution < 1.29 is 0 Å². The van der Waals surface area contributed by atoms with Crippen molar-refractivity contribution in [2.75, 3.05) is 6.54 Å². The molecule has 166 valence electrons. The van der Waals surface area contributed by atoms with Gasteiger partial charge in [0.15, 0.2) is 5.96 Å². The third-order valence-electron chi connectivity index (χ3n) is 4.69. The predicted molar refractivity (Wildman–Crippen MR) is 139 cm³/mol. The number of nitrogens with zero attached hydrogens (tertiary/aromatic N) is 3. The molecule has 2 heterocycles. The van der Waals surface area contributed by atoms with E-state index in [4.69, 9.17) is 23.2 Å². The van der Waals surface area contributed by atoms with E-state index >= 15 is 0 Å². The summed E-state index contributed by atoms with van der Waals surface area (Å²) in [5.74, 6) is 0.714. The third-order valence-corrected chi connectivity index (χ3v) is 5.53. The Hall–Kier alpha value is -1.97. The molecule has 0 saturated carbocycles. The molecular weight excluding hydrogens is 548 g/mol. The lowest BCUT2D eigenvalue weighted by atomic mass is 10.1. The van der Waals surface area contributed by atoms with Crippen molar-refractivity contribution in [2.24, 2.45) is 12.0 Å². The van der Waals surface area contributed by atoms with Gasteiger partial charge in [-0.1, -0.05) is 53.5 Å². The minimum absolute atomic E-state index is 0. The third kappa shape index (κ3) is 7.02. The SMILES string of the molecule is CCNC(=NCc1ccc(Cn2ccccc2=O)cc1)NCc1cc(Cl)c(Cl)n1C.I. The average Bonchev–Trinajstić information content (AvgIpc) is 2.99. The van der Waals surface area contributed by atoms with Crippen molar-refractivity contribution in [3.63, 3.8) is 0 Å². The zero-order valence-corrected chi connectivity index (χ0v) is 21.3. The molecule has 0 bridgehead atoms. The van der Waals surface area contributed by atoms with E-state index in [1.54, 1.807) is 22.9 Å². The number of hydrogen-bond donors (Lipinski definition) is 2. The predicted octanol–water partition coefficient (Wildman–Crippen LogP) is 4.42. The summed E-state index contributed by atoms with van der Waals surface area (Å²) >= 11 is 12.2. The first-order valence-corrected chi connectivity index (χ1v) is 10.5. The molecule has 0 fully saturated rings. The van der Waals surface area contributed by atoms with E-state index in [0.29, 0.717) is 35.8 Å². The van der Waals surface area contributed by atoms with Gasteiger partial charge in [-0.25, -0.2) is 4.99 Å². The minimum Gasteiger partial charge on any atom is -0.357 e. The molecule has 0 radical (unpaired) electrons. The fraction of sp³-hybridized carbons (Fsp3) is 0.273. The van der Waals surface area contributed by atoms with Crippen LogP contribution in [-0.2, 0) is 26.7 Å². The van der Waals surface area contributed by atoms with Crippen LogP contribution in [0.2, 0.25) is 10.2 Å². The Labute approximate surface area is 209 Å². The maximum atomic E-state index is 11.8. The van der Waals surface area contributed by atoms with E-state index in [-0.39, 0.29) is 29.5 Å². The molecule has 2 aromatic heterocycles. The minimum atomic E-state index is -0.00618. The highest BCUT2D eigenvalue weighted by Gasteiger charge is 2.09. The van der Waals surface area contributed by atoms with Gasteiger partial charge in [0.2, 0.25) is 0 Å². The summed E-state index contributed by atoms with van der Waals surface area (Å²) in [6.45, 7) is 4.42. The van der Waals surface area contributed by atoms with Crippen LogP contribution in [0.25, 0.3) is 0 Å². The first-order valence-electron chi connectivity index (χ1n) is 9.73. The first-order chi connectivity index (χ1) is 14.5. The van der Waals surface area contributed by atoms with Gasteiger partial charge in [-0.2, -0.15) is 0 Å². The Morgan fingerprint density at radius 2 is 1.77 bits per heavy atom. The van der Waals surface area contributed by atoms with Crippen LogP contribution in [0.1, 0.15) is 23.7 Å². The van der Waals surface area contributed by atoms with Crippen molar-refractivity contribution >= 4 is 53.1 Å². The standard InChI is InChI=1S/C22H25Cl2N5O.HI/c1-3-25-22(27-14-18-12-19(23)21(24)28(18)2)26-13-16-7-9-17(10-8-16)15-29-11-5-4-6-20(29)30;/h4-12H,3,13-15H2,1-2H3,(H2,25,26,27);1H. The van der Waals surface area contributed by atoms with E-state index < -0.39 is 0 Å². The molecule has 0 aliphatic rings. The summed E-state index contributed by atoms with van der Waals surface area (Å²) in [5.41, 5.74) is 3.12. The zero-order valence-electron chi connectivity index (χ0n) is 17.4. The fourth-order valence-corrected chi connectivity index (χ4v) is 3.40. The molecule has 3 aromatic rings. The lowest BCUT2D eigenvalue weighted by molar-refractivity contribution is 0.751. The topological polar surface area (TPSA) is 63.4 Å². The lowest BCUT2D eigenvalue weighted by Gasteiger charge is -2.12. The molecule has 6 nitrogen and oxygen atoms in total. The molecular formula is C22H26Cl2IN5O. The van der Waals surface area contributed by atoms with E-state index in [2.05, 4.69) is 15.6 Å². The summed E-state index contributed by atoms with van der Waals surface area (Å²) in [7, 11) is 1.88. The van der Waals surface area contributed by atoms with Gasteiger partial charge in [0.05, 0.1) is 24.7 Å². The molecule has 0 aliphatic heterocycles. The van der Waals surface area contributed by atoms with Crippen LogP contribution < -0.4 is 16.2 Å². The molecule has 3 rings (SSSR count). The molecule has 0 aliphatic carbocycles. The molecule has 9 heteroatoms. The van der Waals surface area contributed by atoms with Gasteiger partial charge in [-0.15, -0.1) is 24.0 Å². The number of rotatable bonds is 7. The fourth-order valence-electron chi connectivity index (χ4n) is 2.98. The average molecular weight is 574 g/mol. The van der Waals surface area contributed by atoms with Crippen molar-refractivity contribution in [1.29, 1.82) is 0 Å². The normalized spacial score (nSPS) is 11.2. The Bertz CT molecular complexity index is 1080. The number of hydrogen-bond acceptors (Lipinski definition) is 2. The quantitative estimate of drug-likeness (QED) is 0.250. The second kappa shape index (κ2) is 12.2. The van der Waals surface area contributed by atoms with Gasteiger partial charge in [0.1, 0.15) is 5.15 Å². The number of nitrogens with one attached hydrogen (secondary N) is 2. The maximum Gasteiger partial charge on any atom is 0.250 e. The smallest absolute Gasteiger partial charge is 0.250 e. The van der Waals surface area contributed by atoms with E-state index in [1.165, 1.54) is 0 Å². The zero-order chi connectivity index (χ0) is 21.5. The van der Waals surface area contributed by atoms with Crippen molar-refractivity contribution in [3.05, 3.63) is 92.1 Å². The Morgan fingerprint density at radius 1 is 1.06 bits per heavy atom. The van der Waals surface area contributed by atoms with Crippen LogP contribution in [0.4, 0.5) is 0 Å². The van der Waals surface area contributed by atoms with Crippen LogP contribution in [0.15, 0.2) is 64.5 Å². The largest absolute Gasteiger partial charge is 0.357 e. The summed E-state index contributed by atoms with van der Waals surface area (Å²) in [5, 5.41) is 7.60. The number of guanidine groups is 1. The Balaban J connectivity index is 0.00000341. The summed E-state index contributed by atoms with van der Waals surface area (Å²) in [4.78, 5) is 16.5. The molecule has 2 N–H and O–H groups in total. The number of benzene rings is 1. The second-order valence-electron chi connectivity index (χ2n) is 6.87. The number of aromatic nitrogens is 2. The highest BCUT2D eigenvalue weighted by atomic mass is 127. The second-order valence-corrected chi connectivity index (χ2v) is 7.63. The van der Waals surface area contributed by atoms with Crippen LogP contribution in [0.3, 0.4) is 0 Å². The molecule has 31 heavy (non-hydrogen) atoms. The van der Waals surface area contributed by atoms with Crippen LogP contribution in [0.5, 0.6) is 0 Å². The van der Waals surface area contributed by atoms with Crippen LogP contribution in [-0.4, -0.2) is 21.6 Å². The van der Waals surface area contributed by atoms with Gasteiger partial charge in [-0.05, 0) is 30.2 Å². The van der Waals surface area contributed by atoms with Gasteiger partial charge < -0.3 is 19.8 Å². The van der Waals surface area contributed by atoms with Gasteiger partial charge >= 0.3 is 0 Å². The van der Waals surface area contributed by atoms with Gasteiger partial charge in [-0.3, -0.25) is 4.79 Å². The molecule has 0 spiro atoms. The lowest BCUT2D eigenvalue weighted by Crippen LogP contribution is -2.37. The van der Waals surface area contributed by atoms with Gasteiger partial charge in [0, 0.05) is 31.5 Å². The summed E-state index contributed by atoms with van der Waals surface area (Å²) < 4.78 is 3.53. The summed E-state index contributed by atoms with van der Waals surface area (Å²) in [6.07, 6.45) is 1.79. The highest BCUT2D eigenvalue weighted by Crippen LogP contribution is 2.24. The monoisotopic (exact) mass is 573 g/mol. The summed E-state index contributed by atoms with van der Waals surface area (Å²) in [6, 6.07) is 15.1. The van der Waals surface area contributed by atoms with Crippen molar-refractivity contribution in [3.8, 4) is 0 Å². The highest BCUT2D eigenvalue weighted by molar-refractivity contribution is 14.0. The van der Waals surface area contributed by atoms with Crippen molar-refractivity contribution in [2.45, 2.75) is 26.6 Å². The Kier molecular flexibility index (Phi) is 9.93. The number of aliphatic imine (C=N–C) groups is 1. The molecule has 0 saturated heterocycles. The van der Waals surface area contributed by atoms with Crippen LogP contribution >= 0.6 is 47.2 Å².